The predicted octanol–water partition coefficient (Wildman–Crippen LogP) is 1.49. The van der Waals surface area contributed by atoms with E-state index in [-0.39, 0.29) is 17.4 Å². The quantitative estimate of drug-likeness (QED) is 0.640. The van der Waals surface area contributed by atoms with Crippen LogP contribution in [0.3, 0.4) is 0 Å². The maximum atomic E-state index is 12.4. The maximum absolute atomic E-state index is 12.4. The molecule has 1 fully saturated rings. The molecule has 0 radical (unpaired) electrons. The van der Waals surface area contributed by atoms with Crippen molar-refractivity contribution in [1.82, 2.24) is 5.16 Å². The van der Waals surface area contributed by atoms with E-state index in [1.165, 1.54) is 0 Å². The molecule has 1 aliphatic rings. The van der Waals surface area contributed by atoms with Crippen LogP contribution in [0.5, 0.6) is 0 Å². The van der Waals surface area contributed by atoms with E-state index in [9.17, 15) is 9.59 Å². The van der Waals surface area contributed by atoms with Crippen LogP contribution < -0.4 is 11.5 Å². The van der Waals surface area contributed by atoms with Crippen molar-refractivity contribution in [1.29, 1.82) is 0 Å². The predicted molar refractivity (Wildman–Crippen MR) is 68.6 cm³/mol. The van der Waals surface area contributed by atoms with Gasteiger partial charge >= 0.3 is 0 Å². The molecule has 0 bridgehead atoms. The minimum atomic E-state index is -0.730. The van der Waals surface area contributed by atoms with E-state index in [0.29, 0.717) is 22.2 Å². The monoisotopic (exact) mass is 259 g/mol. The molecule has 1 saturated carbocycles. The van der Waals surface area contributed by atoms with E-state index in [2.05, 4.69) is 5.16 Å². The largest absolute Gasteiger partial charge is 0.398 e. The molecule has 19 heavy (non-hydrogen) atoms. The van der Waals surface area contributed by atoms with Gasteiger partial charge in [-0.05, 0) is 25.0 Å². The highest BCUT2D eigenvalue weighted by molar-refractivity contribution is 6.17. The van der Waals surface area contributed by atoms with E-state index in [0.717, 1.165) is 19.3 Å². The molecule has 3 rings (SSSR count). The lowest BCUT2D eigenvalue weighted by atomic mass is 9.79. The molecule has 98 valence electrons. The zero-order chi connectivity index (χ0) is 13.6. The summed E-state index contributed by atoms with van der Waals surface area (Å²) in [5.74, 6) is -0.810. The number of nitrogens with zero attached hydrogens (tertiary/aromatic N) is 1. The Morgan fingerprint density at radius 2 is 2.05 bits per heavy atom. The number of Topliss-reactive ketones (excluding diaryl/α,β-unsaturated/α-hetero) is 1. The van der Waals surface area contributed by atoms with Crippen molar-refractivity contribution in [2.45, 2.75) is 19.3 Å². The van der Waals surface area contributed by atoms with E-state index >= 15 is 0 Å². The zero-order valence-corrected chi connectivity index (χ0v) is 10.2. The van der Waals surface area contributed by atoms with Gasteiger partial charge in [-0.2, -0.15) is 0 Å². The van der Waals surface area contributed by atoms with Gasteiger partial charge in [-0.1, -0.05) is 11.6 Å². The maximum Gasteiger partial charge on any atom is 0.271 e. The Morgan fingerprint density at radius 1 is 1.32 bits per heavy atom. The van der Waals surface area contributed by atoms with Crippen LogP contribution in [0.15, 0.2) is 16.7 Å². The Labute approximate surface area is 108 Å². The van der Waals surface area contributed by atoms with Crippen LogP contribution in [0, 0.1) is 5.92 Å². The Balaban J connectivity index is 2.25. The fraction of sp³-hybridized carbons (Fsp3) is 0.308. The van der Waals surface area contributed by atoms with Crippen molar-refractivity contribution < 1.29 is 14.1 Å². The van der Waals surface area contributed by atoms with Gasteiger partial charge in [0.15, 0.2) is 17.1 Å². The minimum absolute atomic E-state index is 0.0245. The molecule has 6 heteroatoms. The number of primary amides is 1. The summed E-state index contributed by atoms with van der Waals surface area (Å²) in [5.41, 5.74) is 12.1. The van der Waals surface area contributed by atoms with E-state index in [1.807, 2.05) is 0 Å². The van der Waals surface area contributed by atoms with Crippen molar-refractivity contribution in [3.05, 3.63) is 23.4 Å². The average Bonchev–Trinajstić information content (AvgIpc) is 2.69. The van der Waals surface area contributed by atoms with Crippen LogP contribution in [-0.4, -0.2) is 16.8 Å². The van der Waals surface area contributed by atoms with Crippen molar-refractivity contribution in [3.8, 4) is 0 Å². The van der Waals surface area contributed by atoms with Gasteiger partial charge in [0.1, 0.15) is 0 Å². The number of rotatable bonds is 3. The third-order valence-electron chi connectivity index (χ3n) is 3.63. The zero-order valence-electron chi connectivity index (χ0n) is 10.2. The third-order valence-corrected chi connectivity index (χ3v) is 3.63. The number of nitrogens with two attached hydrogens (primary N) is 2. The molecule has 1 aromatic carbocycles. The molecule has 0 unspecified atom stereocenters. The van der Waals surface area contributed by atoms with Crippen molar-refractivity contribution in [3.63, 3.8) is 0 Å². The number of anilines is 1. The topological polar surface area (TPSA) is 112 Å². The van der Waals surface area contributed by atoms with Gasteiger partial charge in [0.2, 0.25) is 0 Å². The molecule has 0 saturated heterocycles. The van der Waals surface area contributed by atoms with Gasteiger partial charge < -0.3 is 16.0 Å². The molecule has 6 nitrogen and oxygen atoms in total. The van der Waals surface area contributed by atoms with Crippen molar-refractivity contribution in [2.75, 3.05) is 5.73 Å². The second kappa shape index (κ2) is 4.08. The summed E-state index contributed by atoms with van der Waals surface area (Å²) >= 11 is 0. The smallest absolute Gasteiger partial charge is 0.271 e. The molecule has 4 N–H and O–H groups in total. The van der Waals surface area contributed by atoms with Gasteiger partial charge in [-0.3, -0.25) is 9.59 Å². The van der Waals surface area contributed by atoms with Gasteiger partial charge in [0.25, 0.3) is 5.91 Å². The van der Waals surface area contributed by atoms with E-state index < -0.39 is 5.91 Å². The lowest BCUT2D eigenvalue weighted by molar-refractivity contribution is 0.0858. The fourth-order valence-corrected chi connectivity index (χ4v) is 2.36. The molecular weight excluding hydrogens is 246 g/mol. The van der Waals surface area contributed by atoms with E-state index in [4.69, 9.17) is 16.0 Å². The van der Waals surface area contributed by atoms with Gasteiger partial charge in [-0.25, -0.2) is 0 Å². The first-order chi connectivity index (χ1) is 9.09. The van der Waals surface area contributed by atoms with E-state index in [1.54, 1.807) is 12.1 Å². The second-order valence-electron chi connectivity index (χ2n) is 4.79. The molecule has 0 aliphatic heterocycles. The normalized spacial score (nSPS) is 15.4. The Kier molecular flexibility index (Phi) is 2.51. The number of aromatic nitrogens is 1. The summed E-state index contributed by atoms with van der Waals surface area (Å²) in [6, 6.07) is 3.17. The first-order valence-corrected chi connectivity index (χ1v) is 6.11. The number of carbonyl (C=O) groups excluding carboxylic acids is 2. The highest BCUT2D eigenvalue weighted by Gasteiger charge is 2.31. The lowest BCUT2D eigenvalue weighted by Crippen LogP contribution is -2.23. The third kappa shape index (κ3) is 1.68. The van der Waals surface area contributed by atoms with Gasteiger partial charge in [0, 0.05) is 11.6 Å². The van der Waals surface area contributed by atoms with Gasteiger partial charge in [0.05, 0.1) is 10.9 Å². The Hall–Kier alpha value is -2.37. The summed E-state index contributed by atoms with van der Waals surface area (Å²) in [5, 5.41) is 3.96. The molecule has 1 aliphatic carbocycles. The molecule has 1 aromatic heterocycles. The second-order valence-corrected chi connectivity index (χ2v) is 4.79. The molecule has 2 aromatic rings. The SMILES string of the molecule is NC(=O)c1noc2ccc(N)c(C(=O)C3CCC3)c12. The number of nitrogen functional groups attached to an aromatic ring is 1. The lowest BCUT2D eigenvalue weighted by Gasteiger charge is -2.24. The summed E-state index contributed by atoms with van der Waals surface area (Å²) in [4.78, 5) is 23.8. The van der Waals surface area contributed by atoms with Crippen LogP contribution >= 0.6 is 0 Å². The first kappa shape index (κ1) is 11.7. The number of amides is 1. The summed E-state index contributed by atoms with van der Waals surface area (Å²) in [6.45, 7) is 0. The molecule has 0 spiro atoms. The van der Waals surface area contributed by atoms with Crippen LogP contribution in [0.25, 0.3) is 11.0 Å². The van der Waals surface area contributed by atoms with Crippen LogP contribution in [0.2, 0.25) is 0 Å². The summed E-state index contributed by atoms with van der Waals surface area (Å²) in [7, 11) is 0. The Morgan fingerprint density at radius 3 is 2.63 bits per heavy atom. The number of carbonyl (C=O) groups is 2. The molecule has 0 atom stereocenters. The highest BCUT2D eigenvalue weighted by Crippen LogP contribution is 2.35. The number of ketones is 1. The molecule has 1 amide bonds. The number of hydrogen-bond acceptors (Lipinski definition) is 5. The Bertz CT molecular complexity index is 686. The van der Waals surface area contributed by atoms with Crippen LogP contribution in [0.4, 0.5) is 5.69 Å². The molecule has 1 heterocycles. The summed E-state index contributed by atoms with van der Waals surface area (Å²) in [6.07, 6.45) is 2.75. The van der Waals surface area contributed by atoms with Crippen molar-refractivity contribution >= 4 is 28.3 Å². The highest BCUT2D eigenvalue weighted by atomic mass is 16.5. The van der Waals surface area contributed by atoms with Crippen LogP contribution in [0.1, 0.15) is 40.1 Å². The first-order valence-electron chi connectivity index (χ1n) is 6.11. The minimum Gasteiger partial charge on any atom is -0.398 e. The van der Waals surface area contributed by atoms with Crippen molar-refractivity contribution in [2.24, 2.45) is 11.7 Å². The number of hydrogen-bond donors (Lipinski definition) is 2. The van der Waals surface area contributed by atoms with Gasteiger partial charge in [-0.15, -0.1) is 0 Å². The fourth-order valence-electron chi connectivity index (χ4n) is 2.36. The number of fused-ring (bicyclic) bond motifs is 1. The average molecular weight is 259 g/mol. The standard InChI is InChI=1S/C13H13N3O3/c14-7-4-5-8-10(11(13(15)18)16-19-8)9(7)12(17)6-2-1-3-6/h4-6H,1-3,14H2,(H2,15,18). The van der Waals surface area contributed by atoms with Crippen LogP contribution in [-0.2, 0) is 0 Å². The molecular formula is C13H13N3O3. The number of benzene rings is 1. The summed E-state index contributed by atoms with van der Waals surface area (Å²) < 4.78 is 5.03.